The molecular formula is C15H19N3. The number of pyridine rings is 1. The predicted octanol–water partition coefficient (Wildman–Crippen LogP) is 2.76. The van der Waals surface area contributed by atoms with Gasteiger partial charge in [-0.25, -0.2) is 0 Å². The van der Waals surface area contributed by atoms with Crippen molar-refractivity contribution >= 4 is 5.69 Å². The first-order valence-electron chi connectivity index (χ1n) is 6.12. The van der Waals surface area contributed by atoms with E-state index >= 15 is 0 Å². The molecule has 0 aliphatic heterocycles. The molecule has 0 fully saturated rings. The highest BCUT2D eigenvalue weighted by atomic mass is 15.1. The Bertz CT molecular complexity index is 465. The normalized spacial score (nSPS) is 10.6. The lowest BCUT2D eigenvalue weighted by Gasteiger charge is -2.16. The molecule has 0 aliphatic carbocycles. The van der Waals surface area contributed by atoms with Crippen molar-refractivity contribution in [1.82, 2.24) is 9.88 Å². The Kier molecular flexibility index (Phi) is 4.31. The van der Waals surface area contributed by atoms with E-state index in [1.807, 2.05) is 19.4 Å². The van der Waals surface area contributed by atoms with Gasteiger partial charge in [0.05, 0.1) is 0 Å². The van der Waals surface area contributed by atoms with Crippen LogP contribution in [0.3, 0.4) is 0 Å². The number of hydrogen-bond donors (Lipinski definition) is 1. The van der Waals surface area contributed by atoms with Crippen molar-refractivity contribution in [1.29, 1.82) is 0 Å². The van der Waals surface area contributed by atoms with Gasteiger partial charge in [0, 0.05) is 38.2 Å². The summed E-state index contributed by atoms with van der Waals surface area (Å²) in [4.78, 5) is 6.33. The largest absolute Gasteiger partial charge is 0.388 e. The van der Waals surface area contributed by atoms with Gasteiger partial charge in [-0.2, -0.15) is 0 Å². The molecular weight excluding hydrogens is 222 g/mol. The SMILES string of the molecule is CNc1ccc(CN(C)Cc2ccncc2)cc1. The van der Waals surface area contributed by atoms with E-state index in [1.54, 1.807) is 0 Å². The van der Waals surface area contributed by atoms with E-state index in [-0.39, 0.29) is 0 Å². The maximum atomic E-state index is 4.03. The van der Waals surface area contributed by atoms with Crippen LogP contribution in [0.15, 0.2) is 48.8 Å². The lowest BCUT2D eigenvalue weighted by Crippen LogP contribution is -2.17. The summed E-state index contributed by atoms with van der Waals surface area (Å²) >= 11 is 0. The van der Waals surface area contributed by atoms with Crippen LogP contribution in [0.1, 0.15) is 11.1 Å². The van der Waals surface area contributed by atoms with Gasteiger partial charge >= 0.3 is 0 Å². The fourth-order valence-electron chi connectivity index (χ4n) is 1.94. The Hall–Kier alpha value is -1.87. The van der Waals surface area contributed by atoms with E-state index in [4.69, 9.17) is 0 Å². The Morgan fingerprint density at radius 2 is 1.50 bits per heavy atom. The van der Waals surface area contributed by atoms with Crippen LogP contribution >= 0.6 is 0 Å². The lowest BCUT2D eigenvalue weighted by atomic mass is 10.2. The van der Waals surface area contributed by atoms with Crippen LogP contribution in [-0.2, 0) is 13.1 Å². The molecule has 18 heavy (non-hydrogen) atoms. The molecule has 3 nitrogen and oxygen atoms in total. The quantitative estimate of drug-likeness (QED) is 0.872. The first-order valence-corrected chi connectivity index (χ1v) is 6.12. The summed E-state index contributed by atoms with van der Waals surface area (Å²) in [7, 11) is 4.07. The molecule has 1 heterocycles. The summed E-state index contributed by atoms with van der Waals surface area (Å²) in [6, 6.07) is 12.6. The third-order valence-corrected chi connectivity index (χ3v) is 2.90. The average molecular weight is 241 g/mol. The molecule has 3 heteroatoms. The first-order chi connectivity index (χ1) is 8.78. The first kappa shape index (κ1) is 12.6. The second-order valence-corrected chi connectivity index (χ2v) is 4.47. The zero-order valence-electron chi connectivity index (χ0n) is 10.9. The molecule has 0 spiro atoms. The van der Waals surface area contributed by atoms with Crippen LogP contribution in [0.2, 0.25) is 0 Å². The molecule has 1 aromatic heterocycles. The van der Waals surface area contributed by atoms with Crippen molar-refractivity contribution in [2.45, 2.75) is 13.1 Å². The van der Waals surface area contributed by atoms with E-state index in [9.17, 15) is 0 Å². The number of benzene rings is 1. The highest BCUT2D eigenvalue weighted by molar-refractivity contribution is 5.43. The summed E-state index contributed by atoms with van der Waals surface area (Å²) in [5.74, 6) is 0. The fraction of sp³-hybridized carbons (Fsp3) is 0.267. The predicted molar refractivity (Wildman–Crippen MR) is 75.4 cm³/mol. The minimum absolute atomic E-state index is 0.941. The summed E-state index contributed by atoms with van der Waals surface area (Å²) in [6.07, 6.45) is 3.68. The van der Waals surface area contributed by atoms with Gasteiger partial charge in [-0.05, 0) is 42.4 Å². The molecule has 2 aromatic rings. The minimum Gasteiger partial charge on any atom is -0.388 e. The van der Waals surface area contributed by atoms with Gasteiger partial charge in [0.2, 0.25) is 0 Å². The highest BCUT2D eigenvalue weighted by Gasteiger charge is 2.01. The Morgan fingerprint density at radius 1 is 0.944 bits per heavy atom. The molecule has 0 unspecified atom stereocenters. The van der Waals surface area contributed by atoms with Gasteiger partial charge in [0.1, 0.15) is 0 Å². The van der Waals surface area contributed by atoms with Crippen LogP contribution in [0.4, 0.5) is 5.69 Å². The Morgan fingerprint density at radius 3 is 2.06 bits per heavy atom. The minimum atomic E-state index is 0.941. The van der Waals surface area contributed by atoms with Gasteiger partial charge in [-0.1, -0.05) is 12.1 Å². The summed E-state index contributed by atoms with van der Waals surface area (Å²) < 4.78 is 0. The number of rotatable bonds is 5. The number of nitrogens with one attached hydrogen (secondary N) is 1. The van der Waals surface area contributed by atoms with Gasteiger partial charge in [-0.15, -0.1) is 0 Å². The molecule has 0 saturated heterocycles. The van der Waals surface area contributed by atoms with E-state index in [2.05, 4.69) is 58.6 Å². The topological polar surface area (TPSA) is 28.2 Å². The number of anilines is 1. The van der Waals surface area contributed by atoms with Crippen molar-refractivity contribution in [3.8, 4) is 0 Å². The van der Waals surface area contributed by atoms with E-state index in [0.717, 1.165) is 18.8 Å². The maximum Gasteiger partial charge on any atom is 0.0337 e. The van der Waals surface area contributed by atoms with Gasteiger partial charge in [0.25, 0.3) is 0 Å². The monoisotopic (exact) mass is 241 g/mol. The molecule has 0 aliphatic rings. The molecule has 0 atom stereocenters. The zero-order chi connectivity index (χ0) is 12.8. The van der Waals surface area contributed by atoms with E-state index in [0.29, 0.717) is 0 Å². The molecule has 0 saturated carbocycles. The fourth-order valence-corrected chi connectivity index (χ4v) is 1.94. The third-order valence-electron chi connectivity index (χ3n) is 2.90. The van der Waals surface area contributed by atoms with Gasteiger partial charge < -0.3 is 5.32 Å². The number of nitrogens with zero attached hydrogens (tertiary/aromatic N) is 2. The molecule has 0 amide bonds. The number of hydrogen-bond acceptors (Lipinski definition) is 3. The second-order valence-electron chi connectivity index (χ2n) is 4.47. The molecule has 1 N–H and O–H groups in total. The summed E-state index contributed by atoms with van der Waals surface area (Å²) in [6.45, 7) is 1.89. The van der Waals surface area contributed by atoms with E-state index < -0.39 is 0 Å². The molecule has 1 aromatic carbocycles. The number of aromatic nitrogens is 1. The molecule has 0 radical (unpaired) electrons. The second kappa shape index (κ2) is 6.17. The van der Waals surface area contributed by atoms with Crippen LogP contribution in [-0.4, -0.2) is 24.0 Å². The van der Waals surface area contributed by atoms with Crippen LogP contribution in [0.5, 0.6) is 0 Å². The van der Waals surface area contributed by atoms with Crippen molar-refractivity contribution in [2.24, 2.45) is 0 Å². The van der Waals surface area contributed by atoms with Crippen molar-refractivity contribution < 1.29 is 0 Å². The summed E-state index contributed by atoms with van der Waals surface area (Å²) in [5, 5.41) is 3.13. The van der Waals surface area contributed by atoms with Crippen LogP contribution in [0, 0.1) is 0 Å². The van der Waals surface area contributed by atoms with Crippen LogP contribution in [0.25, 0.3) is 0 Å². The Balaban J connectivity index is 1.92. The molecule has 94 valence electrons. The highest BCUT2D eigenvalue weighted by Crippen LogP contribution is 2.11. The van der Waals surface area contributed by atoms with Gasteiger partial charge in [-0.3, -0.25) is 9.88 Å². The molecule has 0 bridgehead atoms. The smallest absolute Gasteiger partial charge is 0.0337 e. The summed E-state index contributed by atoms with van der Waals surface area (Å²) in [5.41, 5.74) is 3.76. The molecule has 2 rings (SSSR count). The standard InChI is InChI=1S/C15H19N3/c1-16-15-5-3-13(4-6-15)11-18(2)12-14-7-9-17-10-8-14/h3-10,16H,11-12H2,1-2H3. The lowest BCUT2D eigenvalue weighted by molar-refractivity contribution is 0.319. The maximum absolute atomic E-state index is 4.03. The average Bonchev–Trinajstić information content (AvgIpc) is 2.40. The van der Waals surface area contributed by atoms with Gasteiger partial charge in [0.15, 0.2) is 0 Å². The Labute approximate surface area is 108 Å². The zero-order valence-corrected chi connectivity index (χ0v) is 10.9. The van der Waals surface area contributed by atoms with Crippen molar-refractivity contribution in [2.75, 3.05) is 19.4 Å². The van der Waals surface area contributed by atoms with Crippen LogP contribution < -0.4 is 5.32 Å². The third kappa shape index (κ3) is 3.57. The van der Waals surface area contributed by atoms with E-state index in [1.165, 1.54) is 11.1 Å². The van der Waals surface area contributed by atoms with Crippen molar-refractivity contribution in [3.63, 3.8) is 0 Å². The van der Waals surface area contributed by atoms with Crippen molar-refractivity contribution in [3.05, 3.63) is 59.9 Å².